The molecule has 100 valence electrons. The summed E-state index contributed by atoms with van der Waals surface area (Å²) >= 11 is 0. The minimum absolute atomic E-state index is 0.262. The minimum Gasteiger partial charge on any atom is -0.323 e. The van der Waals surface area contributed by atoms with Crippen LogP contribution in [0.15, 0.2) is 5.10 Å². The zero-order chi connectivity index (χ0) is 13.1. The molecule has 17 heavy (non-hydrogen) atoms. The summed E-state index contributed by atoms with van der Waals surface area (Å²) in [5, 5.41) is 2.53. The van der Waals surface area contributed by atoms with Crippen LogP contribution in [0.5, 0.6) is 0 Å². The first-order chi connectivity index (χ1) is 7.77. The molecule has 0 unspecified atom stereocenters. The van der Waals surface area contributed by atoms with Crippen molar-refractivity contribution in [3.8, 4) is 0 Å². The van der Waals surface area contributed by atoms with E-state index in [0.717, 1.165) is 10.7 Å². The van der Waals surface area contributed by atoms with Crippen LogP contribution in [-0.4, -0.2) is 43.5 Å². The number of hydrogen-bond donors (Lipinski definition) is 1. The molecule has 1 fully saturated rings. The number of rotatable bonds is 3. The molecule has 0 radical (unpaired) electrons. The Labute approximate surface area is 97.5 Å². The number of hydrogen-bond acceptors (Lipinski definition) is 4. The minimum atomic E-state index is -4.81. The highest BCUT2D eigenvalue weighted by atomic mass is 32.2. The molecule has 1 aliphatic heterocycles. The third-order valence-corrected chi connectivity index (χ3v) is 4.30. The van der Waals surface area contributed by atoms with Crippen molar-refractivity contribution in [2.24, 2.45) is 10.9 Å². The zero-order valence-electron chi connectivity index (χ0n) is 9.07. The number of nitrogens with two attached hydrogens (primary N) is 1. The maximum absolute atomic E-state index is 12.3. The fourth-order valence-corrected chi connectivity index (χ4v) is 3.18. The predicted octanol–water partition coefficient (Wildman–Crippen LogP) is 0.679. The van der Waals surface area contributed by atoms with Crippen molar-refractivity contribution >= 4 is 15.7 Å². The zero-order valence-corrected chi connectivity index (χ0v) is 9.89. The second-order valence-corrected chi connectivity index (χ2v) is 5.76. The number of hydrazone groups is 1. The van der Waals surface area contributed by atoms with Gasteiger partial charge in [-0.2, -0.15) is 18.3 Å². The van der Waals surface area contributed by atoms with Crippen LogP contribution in [0.2, 0.25) is 0 Å². The van der Waals surface area contributed by atoms with Crippen LogP contribution in [0.25, 0.3) is 0 Å². The lowest BCUT2D eigenvalue weighted by Crippen LogP contribution is -2.42. The van der Waals surface area contributed by atoms with Crippen LogP contribution in [0.1, 0.15) is 19.3 Å². The third kappa shape index (κ3) is 3.84. The molecule has 1 saturated heterocycles. The molecule has 0 atom stereocenters. The summed E-state index contributed by atoms with van der Waals surface area (Å²) < 4.78 is 61.4. The normalized spacial score (nSPS) is 20.5. The average Bonchev–Trinajstić information content (AvgIpc) is 2.25. The molecule has 2 N–H and O–H groups in total. The molecule has 0 saturated carbocycles. The molecule has 0 aromatic carbocycles. The van der Waals surface area contributed by atoms with E-state index >= 15 is 0 Å². The molecular weight excluding hydrogens is 259 g/mol. The molecule has 9 heteroatoms. The van der Waals surface area contributed by atoms with Crippen LogP contribution in [0.4, 0.5) is 13.2 Å². The van der Waals surface area contributed by atoms with Crippen molar-refractivity contribution in [2.45, 2.75) is 25.4 Å². The summed E-state index contributed by atoms with van der Waals surface area (Å²) in [7, 11) is -3.98. The van der Waals surface area contributed by atoms with Gasteiger partial charge in [0.25, 0.3) is 0 Å². The molecule has 0 bridgehead atoms. The first kappa shape index (κ1) is 14.2. The van der Waals surface area contributed by atoms with Crippen LogP contribution in [0, 0.1) is 0 Å². The van der Waals surface area contributed by atoms with Crippen LogP contribution in [0.3, 0.4) is 0 Å². The summed E-state index contributed by atoms with van der Waals surface area (Å²) in [6, 6.07) is 0. The Morgan fingerprint density at radius 2 is 1.76 bits per heavy atom. The summed E-state index contributed by atoms with van der Waals surface area (Å²) in [4.78, 5) is 0. The topological polar surface area (TPSA) is 75.8 Å². The predicted molar refractivity (Wildman–Crippen MR) is 56.9 cm³/mol. The number of piperidine rings is 1. The smallest absolute Gasteiger partial charge is 0.323 e. The molecule has 0 aromatic heterocycles. The van der Waals surface area contributed by atoms with E-state index < -0.39 is 27.7 Å². The van der Waals surface area contributed by atoms with Gasteiger partial charge in [-0.3, -0.25) is 0 Å². The molecule has 1 rings (SSSR count). The quantitative estimate of drug-likeness (QED) is 0.467. The fourth-order valence-electron chi connectivity index (χ4n) is 1.60. The summed E-state index contributed by atoms with van der Waals surface area (Å²) in [5.41, 5.74) is -1.47. The third-order valence-electron chi connectivity index (χ3n) is 2.51. The first-order valence-electron chi connectivity index (χ1n) is 5.09. The molecule has 0 aromatic rings. The monoisotopic (exact) mass is 273 g/mol. The lowest BCUT2D eigenvalue weighted by Gasteiger charge is -2.26. The van der Waals surface area contributed by atoms with Gasteiger partial charge in [-0.15, -0.1) is 0 Å². The van der Waals surface area contributed by atoms with E-state index in [4.69, 9.17) is 0 Å². The molecule has 1 heterocycles. The van der Waals surface area contributed by atoms with Gasteiger partial charge in [0, 0.05) is 13.1 Å². The highest BCUT2D eigenvalue weighted by Gasteiger charge is 2.40. The van der Waals surface area contributed by atoms with Crippen molar-refractivity contribution < 1.29 is 21.6 Å². The SMILES string of the molecule is N/N=C(\CS(=O)(=O)N1CCCCC1)C(F)(F)F. The Morgan fingerprint density at radius 1 is 1.24 bits per heavy atom. The van der Waals surface area contributed by atoms with E-state index in [0.29, 0.717) is 12.8 Å². The van der Waals surface area contributed by atoms with Gasteiger partial charge in [-0.1, -0.05) is 6.42 Å². The Balaban J connectivity index is 2.78. The molecule has 0 aliphatic carbocycles. The first-order valence-corrected chi connectivity index (χ1v) is 6.70. The standard InChI is InChI=1S/C8H14F3N3O2S/c9-8(10,11)7(13-12)6-17(15,16)14-4-2-1-3-5-14/h1-6,12H2/b13-7+. The van der Waals surface area contributed by atoms with Gasteiger partial charge < -0.3 is 5.84 Å². The Morgan fingerprint density at radius 3 is 2.18 bits per heavy atom. The van der Waals surface area contributed by atoms with E-state index in [2.05, 4.69) is 10.9 Å². The van der Waals surface area contributed by atoms with E-state index in [1.165, 1.54) is 0 Å². The van der Waals surface area contributed by atoms with Crippen molar-refractivity contribution in [2.75, 3.05) is 18.8 Å². The van der Waals surface area contributed by atoms with Crippen molar-refractivity contribution in [3.63, 3.8) is 0 Å². The molecule has 1 aliphatic rings. The van der Waals surface area contributed by atoms with Gasteiger partial charge in [0.05, 0.1) is 0 Å². The molecule has 5 nitrogen and oxygen atoms in total. The van der Waals surface area contributed by atoms with Gasteiger partial charge in [0.15, 0.2) is 5.71 Å². The number of nitrogens with zero attached hydrogens (tertiary/aromatic N) is 2. The van der Waals surface area contributed by atoms with Crippen LogP contribution in [-0.2, 0) is 10.0 Å². The van der Waals surface area contributed by atoms with E-state index in [1.807, 2.05) is 0 Å². The van der Waals surface area contributed by atoms with Crippen LogP contribution >= 0.6 is 0 Å². The fraction of sp³-hybridized carbons (Fsp3) is 0.875. The summed E-state index contributed by atoms with van der Waals surface area (Å²) in [6.07, 6.45) is -2.58. The highest BCUT2D eigenvalue weighted by molar-refractivity contribution is 7.89. The Kier molecular flexibility index (Phi) is 4.36. The van der Waals surface area contributed by atoms with Crippen molar-refractivity contribution in [1.82, 2.24) is 4.31 Å². The van der Waals surface area contributed by atoms with E-state index in [1.54, 1.807) is 0 Å². The van der Waals surface area contributed by atoms with Crippen LogP contribution < -0.4 is 5.84 Å². The lowest BCUT2D eigenvalue weighted by atomic mass is 10.2. The van der Waals surface area contributed by atoms with E-state index in [-0.39, 0.29) is 13.1 Å². The molecule has 0 spiro atoms. The second-order valence-electron chi connectivity index (χ2n) is 3.79. The van der Waals surface area contributed by atoms with Gasteiger partial charge >= 0.3 is 6.18 Å². The largest absolute Gasteiger partial charge is 0.432 e. The Hall–Kier alpha value is -0.830. The van der Waals surface area contributed by atoms with Gasteiger partial charge in [0.2, 0.25) is 10.0 Å². The number of halogens is 3. The summed E-state index contributed by atoms with van der Waals surface area (Å²) in [5.74, 6) is 3.39. The lowest BCUT2D eigenvalue weighted by molar-refractivity contribution is -0.0592. The number of alkyl halides is 3. The van der Waals surface area contributed by atoms with Crippen molar-refractivity contribution in [1.29, 1.82) is 0 Å². The maximum atomic E-state index is 12.3. The van der Waals surface area contributed by atoms with Gasteiger partial charge in [-0.05, 0) is 12.8 Å². The van der Waals surface area contributed by atoms with E-state index in [9.17, 15) is 21.6 Å². The van der Waals surface area contributed by atoms with Gasteiger partial charge in [0.1, 0.15) is 5.75 Å². The second kappa shape index (κ2) is 5.21. The maximum Gasteiger partial charge on any atom is 0.432 e. The highest BCUT2D eigenvalue weighted by Crippen LogP contribution is 2.20. The average molecular weight is 273 g/mol. The van der Waals surface area contributed by atoms with Gasteiger partial charge in [-0.25, -0.2) is 12.7 Å². The van der Waals surface area contributed by atoms with Crippen molar-refractivity contribution in [3.05, 3.63) is 0 Å². The summed E-state index contributed by atoms with van der Waals surface area (Å²) in [6.45, 7) is 0.524. The Bertz CT molecular complexity index is 385. The molecule has 0 amide bonds. The molecular formula is C8H14F3N3O2S. The number of sulfonamides is 1.